The smallest absolute Gasteiger partial charge is 0.335 e. The first-order valence-corrected chi connectivity index (χ1v) is 9.74. The third-order valence-electron chi connectivity index (χ3n) is 5.40. The van der Waals surface area contributed by atoms with E-state index in [1.807, 2.05) is 18.2 Å². The molecular weight excluding hydrogens is 372 g/mol. The molecule has 4 rings (SSSR count). The summed E-state index contributed by atoms with van der Waals surface area (Å²) in [5.74, 6) is -0.663. The van der Waals surface area contributed by atoms with Crippen molar-refractivity contribution in [1.29, 1.82) is 0 Å². The van der Waals surface area contributed by atoms with Crippen LogP contribution in [-0.4, -0.2) is 47.0 Å². The van der Waals surface area contributed by atoms with E-state index in [-0.39, 0.29) is 17.4 Å². The molecule has 2 amide bonds. The zero-order valence-electron chi connectivity index (χ0n) is 15.9. The van der Waals surface area contributed by atoms with Crippen molar-refractivity contribution in [3.8, 4) is 5.75 Å². The van der Waals surface area contributed by atoms with Gasteiger partial charge in [0.1, 0.15) is 11.8 Å². The summed E-state index contributed by atoms with van der Waals surface area (Å²) in [5, 5.41) is 12.0. The summed E-state index contributed by atoms with van der Waals surface area (Å²) < 4.78 is 5.49. The Balaban J connectivity index is 1.49. The van der Waals surface area contributed by atoms with E-state index in [1.54, 1.807) is 4.90 Å². The molecule has 0 radical (unpaired) electrons. The number of carbonyl (C=O) groups excluding carboxylic acids is 2. The molecule has 2 aromatic carbocycles. The van der Waals surface area contributed by atoms with Crippen LogP contribution >= 0.6 is 0 Å². The molecule has 0 aromatic heterocycles. The lowest BCUT2D eigenvalue weighted by Gasteiger charge is -2.34. The molecule has 2 aliphatic rings. The molecule has 1 unspecified atom stereocenters. The van der Waals surface area contributed by atoms with E-state index in [4.69, 9.17) is 9.84 Å². The van der Waals surface area contributed by atoms with Gasteiger partial charge >= 0.3 is 5.97 Å². The van der Waals surface area contributed by atoms with Gasteiger partial charge in [0.25, 0.3) is 5.91 Å². The molecule has 0 bridgehead atoms. The molecule has 7 nitrogen and oxygen atoms in total. The van der Waals surface area contributed by atoms with Crippen molar-refractivity contribution in [2.75, 3.05) is 18.5 Å². The summed E-state index contributed by atoms with van der Waals surface area (Å²) in [7, 11) is 0. The maximum atomic E-state index is 13.0. The number of nitrogens with one attached hydrogen (secondary N) is 1. The zero-order chi connectivity index (χ0) is 20.4. The second-order valence-corrected chi connectivity index (χ2v) is 7.30. The van der Waals surface area contributed by atoms with E-state index in [0.717, 1.165) is 30.6 Å². The Morgan fingerprint density at radius 3 is 2.55 bits per heavy atom. The van der Waals surface area contributed by atoms with Gasteiger partial charge in [-0.05, 0) is 67.3 Å². The summed E-state index contributed by atoms with van der Waals surface area (Å²) in [6.45, 7) is 1.15. The number of carbonyl (C=O) groups is 3. The van der Waals surface area contributed by atoms with Crippen molar-refractivity contribution >= 4 is 23.5 Å². The van der Waals surface area contributed by atoms with Crippen molar-refractivity contribution in [3.63, 3.8) is 0 Å². The normalized spacial score (nSPS) is 17.9. The van der Waals surface area contributed by atoms with Gasteiger partial charge in [-0.25, -0.2) is 4.79 Å². The van der Waals surface area contributed by atoms with Crippen molar-refractivity contribution in [2.45, 2.75) is 31.7 Å². The fraction of sp³-hybridized carbons (Fsp3) is 0.318. The molecule has 150 valence electrons. The highest BCUT2D eigenvalue weighted by Crippen LogP contribution is 2.28. The average Bonchev–Trinajstić information content (AvgIpc) is 3.21. The van der Waals surface area contributed by atoms with Crippen LogP contribution in [0.5, 0.6) is 5.75 Å². The number of rotatable bonds is 4. The number of anilines is 1. The number of aromatic carboxylic acids is 1. The van der Waals surface area contributed by atoms with E-state index in [2.05, 4.69) is 5.32 Å². The minimum Gasteiger partial charge on any atom is -0.493 e. The lowest BCUT2D eigenvalue weighted by Crippen LogP contribution is -2.50. The van der Waals surface area contributed by atoms with Gasteiger partial charge in [0, 0.05) is 24.2 Å². The van der Waals surface area contributed by atoms with Gasteiger partial charge < -0.3 is 20.1 Å². The maximum absolute atomic E-state index is 13.0. The predicted octanol–water partition coefficient (Wildman–Crippen LogP) is 2.95. The van der Waals surface area contributed by atoms with Gasteiger partial charge in [0.2, 0.25) is 5.91 Å². The third-order valence-corrected chi connectivity index (χ3v) is 5.40. The van der Waals surface area contributed by atoms with Gasteiger partial charge in [-0.1, -0.05) is 0 Å². The molecule has 1 saturated heterocycles. The monoisotopic (exact) mass is 394 g/mol. The molecule has 29 heavy (non-hydrogen) atoms. The standard InChI is InChI=1S/C22H22N2O5/c25-20(23-17-8-9-19-16(13-17)10-12-29-19)18-3-1-2-11-24(18)21(26)14-4-6-15(7-5-14)22(27)28/h4-9,13,18H,1-3,10-12H2,(H,23,25)(H,27,28). The predicted molar refractivity (Wildman–Crippen MR) is 106 cm³/mol. The fourth-order valence-corrected chi connectivity index (χ4v) is 3.86. The van der Waals surface area contributed by atoms with Gasteiger partial charge in [-0.15, -0.1) is 0 Å². The zero-order valence-corrected chi connectivity index (χ0v) is 15.9. The number of carboxylic acids is 1. The van der Waals surface area contributed by atoms with E-state index in [1.165, 1.54) is 24.3 Å². The number of ether oxygens (including phenoxy) is 1. The topological polar surface area (TPSA) is 95.9 Å². The number of hydrogen-bond donors (Lipinski definition) is 2. The molecule has 2 N–H and O–H groups in total. The minimum atomic E-state index is -1.04. The summed E-state index contributed by atoms with van der Waals surface area (Å²) in [4.78, 5) is 38.5. The number of nitrogens with zero attached hydrogens (tertiary/aromatic N) is 1. The van der Waals surface area contributed by atoms with Gasteiger partial charge in [-0.3, -0.25) is 9.59 Å². The second-order valence-electron chi connectivity index (χ2n) is 7.30. The molecule has 2 heterocycles. The Hall–Kier alpha value is -3.35. The lowest BCUT2D eigenvalue weighted by atomic mass is 9.99. The first-order chi connectivity index (χ1) is 14.0. The highest BCUT2D eigenvalue weighted by molar-refractivity contribution is 6.01. The van der Waals surface area contributed by atoms with E-state index in [0.29, 0.717) is 30.8 Å². The lowest BCUT2D eigenvalue weighted by molar-refractivity contribution is -0.121. The first kappa shape index (κ1) is 19.0. The van der Waals surface area contributed by atoms with Crippen LogP contribution in [0.25, 0.3) is 0 Å². The number of carboxylic acid groups (broad SMARTS) is 1. The highest BCUT2D eigenvalue weighted by Gasteiger charge is 2.33. The number of likely N-dealkylation sites (tertiary alicyclic amines) is 1. The van der Waals surface area contributed by atoms with E-state index >= 15 is 0 Å². The van der Waals surface area contributed by atoms with Crippen LogP contribution in [0.2, 0.25) is 0 Å². The van der Waals surface area contributed by atoms with Crippen LogP contribution in [0.15, 0.2) is 42.5 Å². The second kappa shape index (κ2) is 7.95. The first-order valence-electron chi connectivity index (χ1n) is 9.74. The average molecular weight is 394 g/mol. The molecule has 2 aromatic rings. The Morgan fingerprint density at radius 1 is 1.03 bits per heavy atom. The Kier molecular flexibility index (Phi) is 5.20. The summed E-state index contributed by atoms with van der Waals surface area (Å²) in [6.07, 6.45) is 3.12. The quantitative estimate of drug-likeness (QED) is 0.831. The summed E-state index contributed by atoms with van der Waals surface area (Å²) in [5.41, 5.74) is 2.26. The number of fused-ring (bicyclic) bond motifs is 1. The van der Waals surface area contributed by atoms with Crippen LogP contribution in [0.1, 0.15) is 45.5 Å². The molecule has 1 fully saturated rings. The molecule has 1 atom stereocenters. The van der Waals surface area contributed by atoms with Crippen LogP contribution in [0, 0.1) is 0 Å². The number of amides is 2. The Morgan fingerprint density at radius 2 is 1.79 bits per heavy atom. The molecule has 0 spiro atoms. The number of piperidine rings is 1. The molecular formula is C22H22N2O5. The largest absolute Gasteiger partial charge is 0.493 e. The Labute approximate surface area is 168 Å². The SMILES string of the molecule is O=C(O)c1ccc(C(=O)N2CCCCC2C(=O)Nc2ccc3c(c2)CCO3)cc1. The highest BCUT2D eigenvalue weighted by atomic mass is 16.5. The Bertz CT molecular complexity index is 954. The van der Waals surface area contributed by atoms with Gasteiger partial charge in [-0.2, -0.15) is 0 Å². The fourth-order valence-electron chi connectivity index (χ4n) is 3.86. The number of benzene rings is 2. The summed E-state index contributed by atoms with van der Waals surface area (Å²) >= 11 is 0. The molecule has 0 saturated carbocycles. The van der Waals surface area contributed by atoms with Crippen LogP contribution in [-0.2, 0) is 11.2 Å². The summed E-state index contributed by atoms with van der Waals surface area (Å²) in [6, 6.07) is 10.8. The molecule has 2 aliphatic heterocycles. The van der Waals surface area contributed by atoms with Crippen LogP contribution in [0.3, 0.4) is 0 Å². The van der Waals surface area contributed by atoms with E-state index < -0.39 is 12.0 Å². The minimum absolute atomic E-state index is 0.120. The third kappa shape index (κ3) is 3.94. The van der Waals surface area contributed by atoms with E-state index in [9.17, 15) is 14.4 Å². The van der Waals surface area contributed by atoms with Crippen molar-refractivity contribution in [1.82, 2.24) is 4.90 Å². The van der Waals surface area contributed by atoms with Gasteiger partial charge in [0.05, 0.1) is 12.2 Å². The van der Waals surface area contributed by atoms with Crippen LogP contribution < -0.4 is 10.1 Å². The van der Waals surface area contributed by atoms with Gasteiger partial charge in [0.15, 0.2) is 0 Å². The van der Waals surface area contributed by atoms with Crippen molar-refractivity contribution < 1.29 is 24.2 Å². The number of hydrogen-bond acceptors (Lipinski definition) is 4. The van der Waals surface area contributed by atoms with Crippen molar-refractivity contribution in [3.05, 3.63) is 59.2 Å². The molecule has 7 heteroatoms. The molecule has 0 aliphatic carbocycles. The maximum Gasteiger partial charge on any atom is 0.335 e. The van der Waals surface area contributed by atoms with Crippen molar-refractivity contribution in [2.24, 2.45) is 0 Å². The van der Waals surface area contributed by atoms with Crippen LogP contribution in [0.4, 0.5) is 5.69 Å².